The smallest absolute Gasteiger partial charge is 0.547 e. The molecule has 6 rings (SSSR count). The molecule has 22 nitrogen and oxygen atoms in total. The number of aliphatic hydroxyl groups is 6. The quantitative estimate of drug-likeness (QED) is 0.0548. The Balaban J connectivity index is 0.000000270. The molecule has 272 valence electrons. The molecule has 6 heterocycles. The van der Waals surface area contributed by atoms with Crippen LogP contribution >= 0.6 is 23.5 Å². The molecule has 0 spiro atoms. The van der Waals surface area contributed by atoms with Crippen molar-refractivity contribution in [3.05, 3.63) is 33.4 Å². The molecule has 0 aromatic carbocycles. The molecule has 0 bridgehead atoms. The van der Waals surface area contributed by atoms with Gasteiger partial charge < -0.3 is 59.9 Å². The second-order valence-corrected chi connectivity index (χ2v) is 12.6. The zero-order chi connectivity index (χ0) is 36.9. The first-order valence-electron chi connectivity index (χ1n) is 14.3. The molecular formula is C26H30N8Na2O14S2. The molecule has 10 atom stereocenters. The van der Waals surface area contributed by atoms with E-state index in [1.807, 2.05) is 0 Å². The van der Waals surface area contributed by atoms with Crippen molar-refractivity contribution in [3.63, 3.8) is 0 Å². The van der Waals surface area contributed by atoms with Crippen LogP contribution in [0.5, 0.6) is 0 Å². The molecule has 2 fully saturated rings. The monoisotopic (exact) mass is 788 g/mol. The van der Waals surface area contributed by atoms with Crippen molar-refractivity contribution in [2.24, 2.45) is 14.1 Å². The van der Waals surface area contributed by atoms with E-state index in [1.165, 1.54) is 68.5 Å². The Kier molecular flexibility index (Phi) is 15.1. The molecule has 0 radical (unpaired) electrons. The Hall–Kier alpha value is -1.98. The number of carbonyl (C=O) groups excluding carboxylic acids is 2. The van der Waals surface area contributed by atoms with Gasteiger partial charge in [-0.25, -0.2) is 19.9 Å². The molecule has 0 saturated carbocycles. The Labute approximate surface area is 344 Å². The van der Waals surface area contributed by atoms with Gasteiger partial charge in [0.25, 0.3) is 11.1 Å². The largest absolute Gasteiger partial charge is 1.00 e. The first-order chi connectivity index (χ1) is 23.5. The van der Waals surface area contributed by atoms with Gasteiger partial charge in [-0.2, -0.15) is 0 Å². The average molecular weight is 789 g/mol. The van der Waals surface area contributed by atoms with E-state index < -0.39 is 84.3 Å². The summed E-state index contributed by atoms with van der Waals surface area (Å²) >= 11 is 2.44. The van der Waals surface area contributed by atoms with Gasteiger partial charge in [-0.3, -0.25) is 27.9 Å². The van der Waals surface area contributed by atoms with Crippen LogP contribution in [0, 0.1) is 0 Å². The summed E-state index contributed by atoms with van der Waals surface area (Å²) in [5.41, 5.74) is -0.566. The van der Waals surface area contributed by atoms with Crippen molar-refractivity contribution in [2.75, 3.05) is 12.5 Å². The van der Waals surface area contributed by atoms with Gasteiger partial charge in [0.05, 0.1) is 24.6 Å². The van der Waals surface area contributed by atoms with Crippen LogP contribution in [0.2, 0.25) is 0 Å². The predicted molar refractivity (Wildman–Crippen MR) is 163 cm³/mol. The van der Waals surface area contributed by atoms with Crippen molar-refractivity contribution >= 4 is 57.8 Å². The summed E-state index contributed by atoms with van der Waals surface area (Å²) < 4.78 is 15.7. The van der Waals surface area contributed by atoms with E-state index in [9.17, 15) is 60.0 Å². The number of hydrogen-bond acceptors (Lipinski definition) is 20. The Morgan fingerprint density at radius 1 is 0.712 bits per heavy atom. The number of thioether (sulfide) groups is 2. The topological polar surface area (TPSA) is 326 Å². The number of imidazole rings is 2. The van der Waals surface area contributed by atoms with Crippen LogP contribution in [0.3, 0.4) is 0 Å². The van der Waals surface area contributed by atoms with Crippen molar-refractivity contribution in [3.8, 4) is 0 Å². The van der Waals surface area contributed by atoms with Gasteiger partial charge in [0.1, 0.15) is 48.8 Å². The number of carboxylic acid groups (broad SMARTS) is 2. The fourth-order valence-corrected chi connectivity index (χ4v) is 6.48. The van der Waals surface area contributed by atoms with Gasteiger partial charge in [0.15, 0.2) is 45.1 Å². The van der Waals surface area contributed by atoms with Gasteiger partial charge in [0.2, 0.25) is 0 Å². The Bertz CT molecular complexity index is 1920. The van der Waals surface area contributed by atoms with E-state index in [4.69, 9.17) is 9.47 Å². The second-order valence-electron chi connectivity index (χ2n) is 11.0. The first kappa shape index (κ1) is 44.4. The number of aliphatic carboxylic acids is 2. The van der Waals surface area contributed by atoms with Crippen molar-refractivity contribution in [1.82, 2.24) is 38.2 Å². The fraction of sp³-hybridized carbons (Fsp3) is 0.538. The number of ether oxygens (including phenoxy) is 2. The molecule has 4 aromatic heterocycles. The van der Waals surface area contributed by atoms with Gasteiger partial charge in [-0.05, 0) is 12.5 Å². The summed E-state index contributed by atoms with van der Waals surface area (Å²) in [6, 6.07) is 0. The molecule has 26 heteroatoms. The third-order valence-corrected chi connectivity index (χ3v) is 9.56. The minimum absolute atomic E-state index is 0. The predicted octanol–water partition coefficient (Wildman–Crippen LogP) is -12.8. The zero-order valence-electron chi connectivity index (χ0n) is 28.3. The van der Waals surface area contributed by atoms with Crippen molar-refractivity contribution in [1.29, 1.82) is 0 Å². The fourth-order valence-electron chi connectivity index (χ4n) is 5.41. The van der Waals surface area contributed by atoms with Gasteiger partial charge >= 0.3 is 59.1 Å². The molecule has 0 amide bonds. The molecular weight excluding hydrogens is 758 g/mol. The number of carbonyl (C=O) groups is 2. The molecule has 0 aliphatic carbocycles. The first-order valence-corrected chi connectivity index (χ1v) is 16.8. The minimum Gasteiger partial charge on any atom is -0.547 e. The summed E-state index contributed by atoms with van der Waals surface area (Å²) in [6.07, 6.45) is -10.7. The summed E-state index contributed by atoms with van der Waals surface area (Å²) in [5.74, 6) is -3.69. The van der Waals surface area contributed by atoms with Gasteiger partial charge in [-0.15, -0.1) is 0 Å². The van der Waals surface area contributed by atoms with Crippen LogP contribution in [-0.2, 0) is 33.2 Å². The molecule has 2 unspecified atom stereocenters. The minimum atomic E-state index is -2.13. The maximum Gasteiger partial charge on any atom is 1.00 e. The average Bonchev–Trinajstić information content (AvgIpc) is 3.85. The molecule has 2 saturated heterocycles. The van der Waals surface area contributed by atoms with E-state index in [0.29, 0.717) is 10.3 Å². The van der Waals surface area contributed by atoms with Crippen LogP contribution in [0.1, 0.15) is 12.5 Å². The Morgan fingerprint density at radius 3 is 1.33 bits per heavy atom. The molecule has 6 N–H and O–H groups in total. The molecule has 2 aliphatic rings. The second kappa shape index (κ2) is 17.7. The van der Waals surface area contributed by atoms with E-state index in [0.717, 1.165) is 0 Å². The molecule has 4 aromatic rings. The van der Waals surface area contributed by atoms with E-state index in [1.54, 1.807) is 12.5 Å². The number of hydrogen-bond donors (Lipinski definition) is 6. The number of rotatable bonds is 8. The van der Waals surface area contributed by atoms with Crippen molar-refractivity contribution in [2.45, 2.75) is 71.6 Å². The van der Waals surface area contributed by atoms with Crippen molar-refractivity contribution < 1.29 is 119 Å². The van der Waals surface area contributed by atoms with Crippen LogP contribution in [0.25, 0.3) is 22.3 Å². The van der Waals surface area contributed by atoms with Crippen LogP contribution in [0.15, 0.2) is 32.6 Å². The number of aromatic nitrogens is 8. The van der Waals surface area contributed by atoms with E-state index in [2.05, 4.69) is 19.9 Å². The van der Waals surface area contributed by atoms with E-state index in [-0.39, 0.29) is 81.4 Å². The number of carboxylic acids is 2. The number of fused-ring (bicyclic) bond motifs is 2. The maximum atomic E-state index is 12.3. The van der Waals surface area contributed by atoms with Crippen LogP contribution in [-0.4, -0.2) is 142 Å². The van der Waals surface area contributed by atoms with Crippen LogP contribution in [0.4, 0.5) is 0 Å². The van der Waals surface area contributed by atoms with E-state index >= 15 is 0 Å². The number of nitrogens with zero attached hydrogens (tertiary/aromatic N) is 8. The normalized spacial score (nSPS) is 26.7. The van der Waals surface area contributed by atoms with Gasteiger partial charge in [-0.1, -0.05) is 23.5 Å². The van der Waals surface area contributed by atoms with Gasteiger partial charge in [0, 0.05) is 14.1 Å². The zero-order valence-corrected chi connectivity index (χ0v) is 33.9. The molecule has 2 aliphatic heterocycles. The standard InChI is InChI=1S/2C13H16N4O7S.2Na/c2*1-16-10(21)4-9(15-13(16)25-2)17(3-14-4)11-6(19)5(18)8(24-11)7(20)12(22)23;;/h2*3,5-8,11,18-20H,1-2H3,(H,22,23);;/q;;2*+1/p-2/t2*5-,6+,7?,8-,11+;;/m00../s1. The summed E-state index contributed by atoms with van der Waals surface area (Å²) in [4.78, 5) is 62.7. The molecule has 52 heavy (non-hydrogen) atoms. The third-order valence-electron chi connectivity index (χ3n) is 8.10. The Morgan fingerprint density at radius 2 is 1.04 bits per heavy atom. The SMILES string of the molecule is CSc1nc2c(ncn2[C@@H]2O[C@H](C(O)C(=O)[O-])[C@@H](O)[C@H]2O)c(=O)n1C.CSc1nc2c(ncn2[C@@H]2O[C@H](C(O)C(=O)[O-])[C@@H](O)[C@H]2O)c(=O)n1C.[Na+].[Na+]. The summed E-state index contributed by atoms with van der Waals surface area (Å²) in [7, 11) is 3.08. The third kappa shape index (κ3) is 7.89. The summed E-state index contributed by atoms with van der Waals surface area (Å²) in [5, 5.41) is 81.8. The summed E-state index contributed by atoms with van der Waals surface area (Å²) in [6.45, 7) is 0. The maximum absolute atomic E-state index is 12.3. The van der Waals surface area contributed by atoms with Crippen LogP contribution < -0.4 is 80.4 Å². The number of aliphatic hydroxyl groups excluding tert-OH is 6.